The molecular weight excluding hydrogens is 265 g/mol. The smallest absolute Gasteiger partial charge is 0.291 e. The Morgan fingerprint density at radius 3 is 1.45 bits per heavy atom. The average molecular weight is 267 g/mol. The normalized spacial score (nSPS) is 6.91. The minimum atomic E-state index is -2.66. The second kappa shape index (κ2) is 7.12. The summed E-state index contributed by atoms with van der Waals surface area (Å²) in [4.78, 5) is 27.1. The molecule has 0 saturated heterocycles. The fourth-order valence-electron chi connectivity index (χ4n) is 0.118. The summed E-state index contributed by atoms with van der Waals surface area (Å²) in [7, 11) is 0. The number of nitrogens with zero attached hydrogens (tertiary/aromatic N) is 1. The zero-order chi connectivity index (χ0) is 9.44. The molecule has 0 bridgehead atoms. The van der Waals surface area contributed by atoms with Crippen LogP contribution in [0.1, 0.15) is 0 Å². The molecule has 62 valence electrons. The molecule has 0 radical (unpaired) electrons. The van der Waals surface area contributed by atoms with E-state index in [0.29, 0.717) is 0 Å². The first kappa shape index (κ1) is 12.7. The molecule has 11 heavy (non-hydrogen) atoms. The van der Waals surface area contributed by atoms with E-state index >= 15 is 0 Å². The largest absolute Gasteiger partial charge is 0.328 e. The van der Waals surface area contributed by atoms with Crippen LogP contribution in [0.5, 0.6) is 0 Å². The van der Waals surface area contributed by atoms with Crippen molar-refractivity contribution in [3.8, 4) is 0 Å². The van der Waals surface area contributed by atoms with E-state index in [1.54, 1.807) is 0 Å². The van der Waals surface area contributed by atoms with Gasteiger partial charge in [-0.15, -0.1) is 10.1 Å². The third kappa shape index (κ3) is 48.9. The van der Waals surface area contributed by atoms with Crippen LogP contribution >= 0.6 is 0 Å². The van der Waals surface area contributed by atoms with E-state index in [-0.39, 0.29) is 0 Å². The molecule has 0 aromatic carbocycles. The van der Waals surface area contributed by atoms with Gasteiger partial charge in [0.25, 0.3) is 5.09 Å². The summed E-state index contributed by atoms with van der Waals surface area (Å²) in [6.07, 6.45) is 0. The first-order valence-electron chi connectivity index (χ1n) is 2.09. The molecule has 0 aliphatic carbocycles. The summed E-state index contributed by atoms with van der Waals surface area (Å²) in [6.45, 7) is 0. The minimum Gasteiger partial charge on any atom is -0.328 e. The van der Waals surface area contributed by atoms with E-state index in [1.807, 2.05) is 0 Å². The van der Waals surface area contributed by atoms with Crippen molar-refractivity contribution in [3.63, 3.8) is 0 Å². The molecule has 0 rings (SSSR count). The monoisotopic (exact) mass is 267 g/mol. The van der Waals surface area contributed by atoms with Crippen LogP contribution in [0, 0.1) is 10.1 Å². The molecule has 0 atom stereocenters. The number of carboxylic acid groups (broad SMARTS) is 2. The predicted octanol–water partition coefficient (Wildman–Crippen LogP) is -3.24. The Balaban J connectivity index is 0. The van der Waals surface area contributed by atoms with Gasteiger partial charge in [-0.1, -0.05) is 0 Å². The van der Waals surface area contributed by atoms with Crippen molar-refractivity contribution in [1.82, 2.24) is 0 Å². The van der Waals surface area contributed by atoms with Gasteiger partial charge in [-0.3, -0.25) is 0 Å². The van der Waals surface area contributed by atoms with Gasteiger partial charge in [-0.25, -0.2) is 0 Å². The molecule has 0 unspecified atom stereocenters. The van der Waals surface area contributed by atoms with Crippen molar-refractivity contribution < 1.29 is 30.1 Å². The molecule has 0 saturated carbocycles. The average Bonchev–Trinajstić information content (AvgIpc) is 1.56. The van der Waals surface area contributed by atoms with E-state index in [0.717, 1.165) is 0 Å². The predicted molar refractivity (Wildman–Crippen MR) is 26.7 cm³/mol. The van der Waals surface area contributed by atoms with Crippen molar-refractivity contribution in [3.05, 3.63) is 10.1 Å². The summed E-state index contributed by atoms with van der Waals surface area (Å²) in [5.74, 6) is 0. The molecule has 8 nitrogen and oxygen atoms in total. The second-order valence-corrected chi connectivity index (χ2v) is 5.46. The van der Waals surface area contributed by atoms with Crippen molar-refractivity contribution >= 4 is 30.4 Å². The Morgan fingerprint density at radius 1 is 1.27 bits per heavy atom. The Morgan fingerprint density at radius 2 is 1.45 bits per heavy atom. The molecular formula is C2H2InNO7-2. The molecule has 0 aromatic rings. The van der Waals surface area contributed by atoms with Crippen LogP contribution in [0.4, 0.5) is 9.59 Å². The van der Waals surface area contributed by atoms with Crippen LogP contribution < -0.4 is 10.2 Å². The van der Waals surface area contributed by atoms with Crippen LogP contribution in [0.3, 0.4) is 0 Å². The van der Waals surface area contributed by atoms with Gasteiger partial charge in [0.05, 0.1) is 0 Å². The number of rotatable bonds is 2. The van der Waals surface area contributed by atoms with Gasteiger partial charge in [0.1, 0.15) is 0 Å². The van der Waals surface area contributed by atoms with Gasteiger partial charge in [-0.05, 0) is 0 Å². The molecule has 0 heterocycles. The molecule has 1 N–H and O–H groups in total. The van der Waals surface area contributed by atoms with Crippen LogP contribution in [0.25, 0.3) is 0 Å². The number of carbonyl (C=O) groups is 2. The Kier molecular flexibility index (Phi) is 8.20. The first-order chi connectivity index (χ1) is 4.86. The Hall–Kier alpha value is -0.990. The molecule has 0 aliphatic rings. The zero-order valence-corrected chi connectivity index (χ0v) is 9.09. The first-order valence-corrected chi connectivity index (χ1v) is 6.13. The van der Waals surface area contributed by atoms with Crippen molar-refractivity contribution in [2.75, 3.05) is 0 Å². The van der Waals surface area contributed by atoms with Gasteiger partial charge >= 0.3 is 50.2 Å². The number of carbonyl (C=O) groups excluding carboxylic acids is 2. The molecule has 0 amide bonds. The van der Waals surface area contributed by atoms with E-state index in [4.69, 9.17) is 15.3 Å². The molecule has 0 spiro atoms. The molecule has 9 heteroatoms. The fourth-order valence-corrected chi connectivity index (χ4v) is 0.791. The minimum absolute atomic E-state index is 1.41. The summed E-state index contributed by atoms with van der Waals surface area (Å²) >= 11 is -2.66. The SMILES string of the molecule is O=[C]([O-])[InH][C](=O)[O-].O=[N+]([O-])O. The summed E-state index contributed by atoms with van der Waals surface area (Å²) in [5, 5.41) is 32.4. The maximum Gasteiger partial charge on any atom is 0.291 e. The van der Waals surface area contributed by atoms with Gasteiger partial charge in [0.2, 0.25) is 0 Å². The maximum absolute atomic E-state index is 9.37. The van der Waals surface area contributed by atoms with E-state index in [9.17, 15) is 19.8 Å². The van der Waals surface area contributed by atoms with Crippen LogP contribution in [0.2, 0.25) is 0 Å². The molecule has 0 aliphatic heterocycles. The van der Waals surface area contributed by atoms with Crippen LogP contribution in [-0.4, -0.2) is 40.7 Å². The standard InChI is InChI=1S/2CO2.In.HNO3.H/c2*2-1-3;;2-1(3)4;/h;;;(H,2,3,4);/q2*-1;;;. The third-order valence-corrected chi connectivity index (χ3v) is 1.94. The zero-order valence-electron chi connectivity index (χ0n) is 5.05. The fraction of sp³-hybridized carbons (Fsp3) is 0. The topological polar surface area (TPSA) is 144 Å². The summed E-state index contributed by atoms with van der Waals surface area (Å²) in [5.41, 5.74) is 0. The Labute approximate surface area is 70.9 Å². The van der Waals surface area contributed by atoms with Crippen LogP contribution in [0.15, 0.2) is 0 Å². The summed E-state index contributed by atoms with van der Waals surface area (Å²) < 4.78 is -2.83. The second-order valence-electron chi connectivity index (χ2n) is 1.16. The van der Waals surface area contributed by atoms with Gasteiger partial charge < -0.3 is 5.21 Å². The number of hydrogen-bond donors (Lipinski definition) is 1. The van der Waals surface area contributed by atoms with Crippen molar-refractivity contribution in [1.29, 1.82) is 0 Å². The van der Waals surface area contributed by atoms with Crippen LogP contribution in [-0.2, 0) is 0 Å². The van der Waals surface area contributed by atoms with E-state index in [1.165, 1.54) is 0 Å². The van der Waals surface area contributed by atoms with Gasteiger partial charge in [0, 0.05) is 0 Å². The van der Waals surface area contributed by atoms with Gasteiger partial charge in [0.15, 0.2) is 0 Å². The number of hydrogen-bond acceptors (Lipinski definition) is 6. The molecule has 0 fully saturated rings. The van der Waals surface area contributed by atoms with Crippen molar-refractivity contribution in [2.45, 2.75) is 0 Å². The quantitative estimate of drug-likeness (QED) is 0.408. The maximum atomic E-state index is 9.37. The van der Waals surface area contributed by atoms with Crippen molar-refractivity contribution in [2.24, 2.45) is 0 Å². The van der Waals surface area contributed by atoms with E-state index < -0.39 is 35.4 Å². The third-order valence-electron chi connectivity index (χ3n) is 0.289. The summed E-state index contributed by atoms with van der Waals surface area (Å²) in [6, 6.07) is 0. The van der Waals surface area contributed by atoms with Gasteiger partial charge in [-0.2, -0.15) is 0 Å². The molecule has 0 aromatic heterocycles. The Bertz CT molecular complexity index is 150. The van der Waals surface area contributed by atoms with E-state index in [2.05, 4.69) is 0 Å².